The van der Waals surface area contributed by atoms with Gasteiger partial charge in [0.05, 0.1) is 6.61 Å². The van der Waals surface area contributed by atoms with Crippen LogP contribution in [-0.2, 0) is 0 Å². The van der Waals surface area contributed by atoms with Crippen LogP contribution >= 0.6 is 0 Å². The van der Waals surface area contributed by atoms with Gasteiger partial charge in [-0.15, -0.1) is 0 Å². The third kappa shape index (κ3) is 3.35. The van der Waals surface area contributed by atoms with Gasteiger partial charge in [-0.05, 0) is 26.2 Å². The van der Waals surface area contributed by atoms with E-state index < -0.39 is 0 Å². The van der Waals surface area contributed by atoms with Crippen LogP contribution in [0.4, 0.5) is 5.95 Å². The van der Waals surface area contributed by atoms with Crippen molar-refractivity contribution in [3.8, 4) is 5.88 Å². The summed E-state index contributed by atoms with van der Waals surface area (Å²) in [6.07, 6.45) is 2.10. The molecule has 2 heterocycles. The van der Waals surface area contributed by atoms with Crippen LogP contribution in [0.2, 0.25) is 0 Å². The quantitative estimate of drug-likeness (QED) is 0.897. The van der Waals surface area contributed by atoms with Crippen LogP contribution in [0.5, 0.6) is 5.88 Å². The number of ether oxygens (including phenoxy) is 1. The SMILES string of the molecule is CCOc1cc(C)nc(N2CCC(N)C(CC)C2)n1. The van der Waals surface area contributed by atoms with Gasteiger partial charge in [0.25, 0.3) is 0 Å². The second kappa shape index (κ2) is 6.19. The van der Waals surface area contributed by atoms with E-state index >= 15 is 0 Å². The van der Waals surface area contributed by atoms with Crippen molar-refractivity contribution in [2.24, 2.45) is 11.7 Å². The highest BCUT2D eigenvalue weighted by Gasteiger charge is 2.27. The number of hydrogen-bond acceptors (Lipinski definition) is 5. The molecule has 1 fully saturated rings. The van der Waals surface area contributed by atoms with Gasteiger partial charge in [-0.3, -0.25) is 0 Å². The highest BCUT2D eigenvalue weighted by molar-refractivity contribution is 5.35. The van der Waals surface area contributed by atoms with Crippen LogP contribution < -0.4 is 15.4 Å². The van der Waals surface area contributed by atoms with Crippen molar-refractivity contribution in [1.29, 1.82) is 0 Å². The van der Waals surface area contributed by atoms with Gasteiger partial charge in [0.1, 0.15) is 0 Å². The molecule has 1 saturated heterocycles. The van der Waals surface area contributed by atoms with Crippen LogP contribution in [0, 0.1) is 12.8 Å². The van der Waals surface area contributed by atoms with E-state index in [4.69, 9.17) is 10.5 Å². The Labute approximate surface area is 115 Å². The Kier molecular flexibility index (Phi) is 4.58. The number of anilines is 1. The van der Waals surface area contributed by atoms with Gasteiger partial charge in [-0.1, -0.05) is 13.3 Å². The number of nitrogens with two attached hydrogens (primary N) is 1. The maximum Gasteiger partial charge on any atom is 0.228 e. The first-order valence-electron chi connectivity index (χ1n) is 7.13. The average Bonchev–Trinajstić information content (AvgIpc) is 2.39. The minimum atomic E-state index is 0.303. The Morgan fingerprint density at radius 2 is 2.21 bits per heavy atom. The molecule has 0 aliphatic carbocycles. The van der Waals surface area contributed by atoms with E-state index in [1.165, 1.54) is 0 Å². The lowest BCUT2D eigenvalue weighted by molar-refractivity contribution is 0.322. The Hall–Kier alpha value is -1.36. The van der Waals surface area contributed by atoms with Gasteiger partial charge in [-0.2, -0.15) is 4.98 Å². The molecular formula is C14H24N4O. The molecule has 0 spiro atoms. The zero-order valence-corrected chi connectivity index (χ0v) is 12.1. The predicted molar refractivity (Wildman–Crippen MR) is 76.5 cm³/mol. The maximum atomic E-state index is 6.15. The Balaban J connectivity index is 2.17. The zero-order valence-electron chi connectivity index (χ0n) is 12.1. The van der Waals surface area contributed by atoms with Gasteiger partial charge < -0.3 is 15.4 Å². The highest BCUT2D eigenvalue weighted by atomic mass is 16.5. The van der Waals surface area contributed by atoms with Crippen LogP contribution in [0.15, 0.2) is 6.07 Å². The molecule has 2 N–H and O–H groups in total. The summed E-state index contributed by atoms with van der Waals surface area (Å²) in [5.74, 6) is 1.95. The summed E-state index contributed by atoms with van der Waals surface area (Å²) >= 11 is 0. The van der Waals surface area contributed by atoms with Crippen molar-refractivity contribution in [3.05, 3.63) is 11.8 Å². The molecule has 0 radical (unpaired) electrons. The Morgan fingerprint density at radius 1 is 1.42 bits per heavy atom. The average molecular weight is 264 g/mol. The van der Waals surface area contributed by atoms with E-state index in [1.54, 1.807) is 0 Å². The molecule has 2 atom stereocenters. The van der Waals surface area contributed by atoms with E-state index in [-0.39, 0.29) is 0 Å². The molecule has 1 aliphatic heterocycles. The number of piperidine rings is 1. The van der Waals surface area contributed by atoms with Gasteiger partial charge in [-0.25, -0.2) is 4.98 Å². The molecule has 1 aromatic rings. The number of nitrogens with zero attached hydrogens (tertiary/aromatic N) is 3. The van der Waals surface area contributed by atoms with Crippen molar-refractivity contribution < 1.29 is 4.74 Å². The van der Waals surface area contributed by atoms with Crippen molar-refractivity contribution in [3.63, 3.8) is 0 Å². The predicted octanol–water partition coefficient (Wildman–Crippen LogP) is 1.75. The lowest BCUT2D eigenvalue weighted by atomic mass is 9.91. The molecule has 0 saturated carbocycles. The summed E-state index contributed by atoms with van der Waals surface area (Å²) in [5.41, 5.74) is 7.09. The van der Waals surface area contributed by atoms with Crippen LogP contribution in [-0.4, -0.2) is 35.7 Å². The van der Waals surface area contributed by atoms with E-state index in [2.05, 4.69) is 21.8 Å². The molecular weight excluding hydrogens is 240 g/mol. The first kappa shape index (κ1) is 14.1. The minimum absolute atomic E-state index is 0.303. The minimum Gasteiger partial charge on any atom is -0.478 e. The lowest BCUT2D eigenvalue weighted by Gasteiger charge is -2.36. The fourth-order valence-corrected chi connectivity index (χ4v) is 2.55. The van der Waals surface area contributed by atoms with Crippen molar-refractivity contribution in [2.45, 2.75) is 39.7 Å². The number of aryl methyl sites for hydroxylation is 1. The molecule has 2 rings (SSSR count). The maximum absolute atomic E-state index is 6.15. The van der Waals surface area contributed by atoms with Crippen LogP contribution in [0.1, 0.15) is 32.4 Å². The normalized spacial score (nSPS) is 23.5. The molecule has 1 aromatic heterocycles. The second-order valence-electron chi connectivity index (χ2n) is 5.15. The fraction of sp³-hybridized carbons (Fsp3) is 0.714. The summed E-state index contributed by atoms with van der Waals surface area (Å²) in [6.45, 7) is 8.61. The van der Waals surface area contributed by atoms with Crippen molar-refractivity contribution in [2.75, 3.05) is 24.6 Å². The monoisotopic (exact) mass is 264 g/mol. The summed E-state index contributed by atoms with van der Waals surface area (Å²) < 4.78 is 5.49. The summed E-state index contributed by atoms with van der Waals surface area (Å²) in [7, 11) is 0. The number of rotatable bonds is 4. The summed E-state index contributed by atoms with van der Waals surface area (Å²) in [4.78, 5) is 11.2. The van der Waals surface area contributed by atoms with E-state index in [0.29, 0.717) is 24.4 Å². The first-order valence-corrected chi connectivity index (χ1v) is 7.13. The van der Waals surface area contributed by atoms with E-state index in [0.717, 1.165) is 37.6 Å². The molecule has 0 amide bonds. The van der Waals surface area contributed by atoms with Crippen molar-refractivity contribution in [1.82, 2.24) is 9.97 Å². The first-order chi connectivity index (χ1) is 9.13. The molecule has 0 bridgehead atoms. The fourth-order valence-electron chi connectivity index (χ4n) is 2.55. The Bertz CT molecular complexity index is 424. The largest absolute Gasteiger partial charge is 0.478 e. The van der Waals surface area contributed by atoms with Crippen molar-refractivity contribution >= 4 is 5.95 Å². The molecule has 19 heavy (non-hydrogen) atoms. The van der Waals surface area contributed by atoms with E-state index in [9.17, 15) is 0 Å². The zero-order chi connectivity index (χ0) is 13.8. The molecule has 1 aliphatic rings. The van der Waals surface area contributed by atoms with Gasteiger partial charge >= 0.3 is 0 Å². The van der Waals surface area contributed by atoms with Gasteiger partial charge in [0.2, 0.25) is 11.8 Å². The third-order valence-corrected chi connectivity index (χ3v) is 3.71. The molecule has 2 unspecified atom stereocenters. The molecule has 5 nitrogen and oxygen atoms in total. The molecule has 0 aromatic carbocycles. The Morgan fingerprint density at radius 3 is 2.89 bits per heavy atom. The number of hydrogen-bond donors (Lipinski definition) is 1. The third-order valence-electron chi connectivity index (χ3n) is 3.71. The van der Waals surface area contributed by atoms with Gasteiger partial charge in [0, 0.05) is 30.9 Å². The topological polar surface area (TPSA) is 64.3 Å². The summed E-state index contributed by atoms with van der Waals surface area (Å²) in [5, 5.41) is 0. The summed E-state index contributed by atoms with van der Waals surface area (Å²) in [6, 6.07) is 2.18. The smallest absolute Gasteiger partial charge is 0.228 e. The molecule has 106 valence electrons. The van der Waals surface area contributed by atoms with Crippen LogP contribution in [0.3, 0.4) is 0 Å². The second-order valence-corrected chi connectivity index (χ2v) is 5.15. The highest BCUT2D eigenvalue weighted by Crippen LogP contribution is 2.23. The molecule has 5 heteroatoms. The van der Waals surface area contributed by atoms with E-state index in [1.807, 2.05) is 19.9 Å². The number of aromatic nitrogens is 2. The van der Waals surface area contributed by atoms with Crippen LogP contribution in [0.25, 0.3) is 0 Å². The lowest BCUT2D eigenvalue weighted by Crippen LogP contribution is -2.47. The van der Waals surface area contributed by atoms with Gasteiger partial charge in [0.15, 0.2) is 0 Å². The standard InChI is InChI=1S/C14H24N4O/c1-4-11-9-18(7-6-12(11)15)14-16-10(3)8-13(17-14)19-5-2/h8,11-12H,4-7,9,15H2,1-3H3.